The summed E-state index contributed by atoms with van der Waals surface area (Å²) in [7, 11) is 0. The Balaban J connectivity index is 1.85. The first-order valence-corrected chi connectivity index (χ1v) is 8.46. The van der Waals surface area contributed by atoms with Crippen molar-refractivity contribution in [2.75, 3.05) is 37.6 Å². The van der Waals surface area contributed by atoms with E-state index in [9.17, 15) is 14.9 Å². The molecule has 2 aliphatic heterocycles. The Labute approximate surface area is 141 Å². The largest absolute Gasteiger partial charge is 0.366 e. The summed E-state index contributed by atoms with van der Waals surface area (Å²) >= 11 is 0. The average molecular weight is 332 g/mol. The van der Waals surface area contributed by atoms with Gasteiger partial charge in [0.2, 0.25) is 0 Å². The highest BCUT2D eigenvalue weighted by Crippen LogP contribution is 2.34. The van der Waals surface area contributed by atoms with Crippen LogP contribution in [0.3, 0.4) is 0 Å². The number of amides is 1. The van der Waals surface area contributed by atoms with Crippen molar-refractivity contribution >= 4 is 17.3 Å². The standard InChI is InChI=1S/C17H24N4O3/c1-17(11-18)6-9-20(12-17)16(22)13-4-5-14(15(10-13)21(23)24)19-7-2-3-8-19/h4-5,10H,2-3,6-9,11-12,18H2,1H3. The smallest absolute Gasteiger partial charge is 0.293 e. The molecule has 2 heterocycles. The van der Waals surface area contributed by atoms with Crippen LogP contribution in [-0.4, -0.2) is 48.5 Å². The molecule has 7 heteroatoms. The van der Waals surface area contributed by atoms with Crippen LogP contribution >= 0.6 is 0 Å². The zero-order valence-electron chi connectivity index (χ0n) is 14.0. The van der Waals surface area contributed by atoms with Crippen LogP contribution in [0.1, 0.15) is 36.5 Å². The lowest BCUT2D eigenvalue weighted by atomic mass is 9.90. The number of nitro groups is 1. The first-order chi connectivity index (χ1) is 11.4. The van der Waals surface area contributed by atoms with Crippen molar-refractivity contribution in [1.82, 2.24) is 4.90 Å². The Morgan fingerprint density at radius 2 is 2.04 bits per heavy atom. The molecule has 0 aromatic heterocycles. The van der Waals surface area contributed by atoms with Crippen LogP contribution in [-0.2, 0) is 0 Å². The molecule has 2 saturated heterocycles. The molecule has 3 rings (SSSR count). The van der Waals surface area contributed by atoms with E-state index in [1.165, 1.54) is 6.07 Å². The number of anilines is 1. The summed E-state index contributed by atoms with van der Waals surface area (Å²) < 4.78 is 0. The molecule has 0 spiro atoms. The molecule has 2 fully saturated rings. The van der Waals surface area contributed by atoms with Crippen molar-refractivity contribution in [3.05, 3.63) is 33.9 Å². The quantitative estimate of drug-likeness (QED) is 0.672. The number of hydrogen-bond acceptors (Lipinski definition) is 5. The van der Waals surface area contributed by atoms with Crippen LogP contribution in [0.15, 0.2) is 18.2 Å². The van der Waals surface area contributed by atoms with Gasteiger partial charge in [-0.1, -0.05) is 6.92 Å². The minimum atomic E-state index is -0.390. The van der Waals surface area contributed by atoms with Gasteiger partial charge < -0.3 is 15.5 Å². The highest BCUT2D eigenvalue weighted by atomic mass is 16.6. The van der Waals surface area contributed by atoms with Crippen LogP contribution < -0.4 is 10.6 Å². The molecule has 2 aliphatic rings. The SMILES string of the molecule is CC1(CN)CCN(C(=O)c2ccc(N3CCCC3)c([N+](=O)[O-])c2)C1. The van der Waals surface area contributed by atoms with Gasteiger partial charge >= 0.3 is 0 Å². The first-order valence-electron chi connectivity index (χ1n) is 8.46. The third-order valence-electron chi connectivity index (χ3n) is 5.20. The van der Waals surface area contributed by atoms with E-state index in [1.807, 2.05) is 4.90 Å². The topological polar surface area (TPSA) is 92.7 Å². The highest BCUT2D eigenvalue weighted by Gasteiger charge is 2.35. The lowest BCUT2D eigenvalue weighted by Gasteiger charge is -2.23. The summed E-state index contributed by atoms with van der Waals surface area (Å²) in [6.07, 6.45) is 2.95. The fraction of sp³-hybridized carbons (Fsp3) is 0.588. The molecule has 0 bridgehead atoms. The van der Waals surface area contributed by atoms with Crippen LogP contribution in [0.2, 0.25) is 0 Å². The van der Waals surface area contributed by atoms with Gasteiger partial charge in [-0.25, -0.2) is 0 Å². The molecule has 24 heavy (non-hydrogen) atoms. The zero-order chi connectivity index (χ0) is 17.3. The predicted molar refractivity (Wildman–Crippen MR) is 92.2 cm³/mol. The normalized spacial score (nSPS) is 23.8. The Bertz CT molecular complexity index is 657. The fourth-order valence-corrected chi connectivity index (χ4v) is 3.57. The summed E-state index contributed by atoms with van der Waals surface area (Å²) in [6.45, 7) is 5.51. The van der Waals surface area contributed by atoms with E-state index in [-0.39, 0.29) is 17.0 Å². The van der Waals surface area contributed by atoms with E-state index in [0.717, 1.165) is 32.4 Å². The third kappa shape index (κ3) is 3.08. The average Bonchev–Trinajstić information content (AvgIpc) is 3.24. The van der Waals surface area contributed by atoms with Gasteiger partial charge in [-0.05, 0) is 43.4 Å². The molecule has 2 N–H and O–H groups in total. The van der Waals surface area contributed by atoms with Crippen LogP contribution in [0.25, 0.3) is 0 Å². The third-order valence-corrected chi connectivity index (χ3v) is 5.20. The van der Waals surface area contributed by atoms with Gasteiger partial charge in [0.05, 0.1) is 4.92 Å². The highest BCUT2D eigenvalue weighted by molar-refractivity contribution is 5.96. The fourth-order valence-electron chi connectivity index (χ4n) is 3.57. The van der Waals surface area contributed by atoms with Crippen LogP contribution in [0, 0.1) is 15.5 Å². The van der Waals surface area contributed by atoms with E-state index in [2.05, 4.69) is 6.92 Å². The van der Waals surface area contributed by atoms with Crippen molar-refractivity contribution < 1.29 is 9.72 Å². The first kappa shape index (κ1) is 16.7. The summed E-state index contributed by atoms with van der Waals surface area (Å²) in [5.41, 5.74) is 6.74. The van der Waals surface area contributed by atoms with Crippen LogP contribution in [0.4, 0.5) is 11.4 Å². The molecule has 1 aromatic carbocycles. The van der Waals surface area contributed by atoms with Gasteiger partial charge in [0.1, 0.15) is 5.69 Å². The maximum absolute atomic E-state index is 12.7. The number of nitro benzene ring substituents is 1. The number of rotatable bonds is 4. The van der Waals surface area contributed by atoms with Crippen LogP contribution in [0.5, 0.6) is 0 Å². The van der Waals surface area contributed by atoms with Crippen molar-refractivity contribution in [1.29, 1.82) is 0 Å². The Hall–Kier alpha value is -2.15. The number of nitrogens with two attached hydrogens (primary N) is 1. The monoisotopic (exact) mass is 332 g/mol. The van der Waals surface area contributed by atoms with Crippen molar-refractivity contribution in [3.8, 4) is 0 Å². The molecule has 1 atom stereocenters. The van der Waals surface area contributed by atoms with E-state index in [0.29, 0.717) is 30.9 Å². The number of carbonyl (C=O) groups is 1. The Kier molecular flexibility index (Phi) is 4.45. The molecule has 0 radical (unpaired) electrons. The van der Waals surface area contributed by atoms with Crippen molar-refractivity contribution in [3.63, 3.8) is 0 Å². The summed E-state index contributed by atoms with van der Waals surface area (Å²) in [5, 5.41) is 11.5. The second kappa shape index (κ2) is 6.39. The lowest BCUT2D eigenvalue weighted by Crippen LogP contribution is -2.34. The molecule has 7 nitrogen and oxygen atoms in total. The number of carbonyl (C=O) groups excluding carboxylic acids is 1. The van der Waals surface area contributed by atoms with Gasteiger partial charge in [0.25, 0.3) is 11.6 Å². The van der Waals surface area contributed by atoms with E-state index in [1.54, 1.807) is 17.0 Å². The van der Waals surface area contributed by atoms with E-state index < -0.39 is 4.92 Å². The van der Waals surface area contributed by atoms with Gasteiger partial charge in [0.15, 0.2) is 0 Å². The van der Waals surface area contributed by atoms with Gasteiger partial charge in [-0.3, -0.25) is 14.9 Å². The summed E-state index contributed by atoms with van der Waals surface area (Å²) in [4.78, 5) is 27.6. The lowest BCUT2D eigenvalue weighted by molar-refractivity contribution is -0.384. The van der Waals surface area contributed by atoms with E-state index in [4.69, 9.17) is 5.73 Å². The minimum absolute atomic E-state index is 0.0172. The van der Waals surface area contributed by atoms with Gasteiger partial charge in [0, 0.05) is 37.8 Å². The molecule has 1 aromatic rings. The minimum Gasteiger partial charge on any atom is -0.366 e. The number of nitrogens with zero attached hydrogens (tertiary/aromatic N) is 3. The molecule has 0 saturated carbocycles. The Morgan fingerprint density at radius 3 is 2.62 bits per heavy atom. The molecular formula is C17H24N4O3. The van der Waals surface area contributed by atoms with Crippen molar-refractivity contribution in [2.45, 2.75) is 26.2 Å². The second-order valence-corrected chi connectivity index (χ2v) is 7.15. The number of benzene rings is 1. The molecule has 130 valence electrons. The van der Waals surface area contributed by atoms with Gasteiger partial charge in [-0.2, -0.15) is 0 Å². The number of likely N-dealkylation sites (tertiary alicyclic amines) is 1. The molecule has 1 unspecified atom stereocenters. The van der Waals surface area contributed by atoms with Gasteiger partial charge in [-0.15, -0.1) is 0 Å². The Morgan fingerprint density at radius 1 is 1.33 bits per heavy atom. The molecule has 0 aliphatic carbocycles. The zero-order valence-corrected chi connectivity index (χ0v) is 14.0. The second-order valence-electron chi connectivity index (χ2n) is 7.15. The molecular weight excluding hydrogens is 308 g/mol. The van der Waals surface area contributed by atoms with Crippen molar-refractivity contribution in [2.24, 2.45) is 11.1 Å². The predicted octanol–water partition coefficient (Wildman–Crippen LogP) is 2.01. The maximum Gasteiger partial charge on any atom is 0.293 e. The number of hydrogen-bond donors (Lipinski definition) is 1. The summed E-state index contributed by atoms with van der Waals surface area (Å²) in [5.74, 6) is -0.150. The van der Waals surface area contributed by atoms with E-state index >= 15 is 0 Å². The molecule has 1 amide bonds. The summed E-state index contributed by atoms with van der Waals surface area (Å²) in [6, 6.07) is 4.85. The maximum atomic E-state index is 12.7.